The summed E-state index contributed by atoms with van der Waals surface area (Å²) < 4.78 is 5.59. The largest absolute Gasteiger partial charge is 0.478 e. The number of carboxylic acid groups (broad SMARTS) is 1. The van der Waals surface area contributed by atoms with E-state index in [2.05, 4.69) is 0 Å². The molecule has 4 heteroatoms. The number of carbonyl (C=O) groups is 1. The second-order valence-corrected chi connectivity index (χ2v) is 5.41. The number of aliphatic carboxylic acids is 1. The van der Waals surface area contributed by atoms with Gasteiger partial charge in [0, 0.05) is 11.4 Å². The monoisotopic (exact) mass is 304 g/mol. The van der Waals surface area contributed by atoms with Gasteiger partial charge in [0.05, 0.1) is 0 Å². The Bertz CT molecular complexity index is 632. The predicted octanol–water partition coefficient (Wildman–Crippen LogP) is 4.03. The van der Waals surface area contributed by atoms with Crippen molar-refractivity contribution in [1.29, 1.82) is 0 Å². The number of rotatable bonds is 5. The number of hydrogen-bond acceptors (Lipinski definition) is 2. The zero-order valence-electron chi connectivity index (χ0n) is 12.0. The van der Waals surface area contributed by atoms with Crippen LogP contribution in [0.5, 0.6) is 5.75 Å². The second-order valence-electron chi connectivity index (χ2n) is 4.98. The average molecular weight is 305 g/mol. The van der Waals surface area contributed by atoms with E-state index >= 15 is 0 Å². The highest BCUT2D eigenvalue weighted by Gasteiger charge is 2.22. The van der Waals surface area contributed by atoms with Crippen molar-refractivity contribution < 1.29 is 14.6 Å². The standard InChI is InChI=1S/C17H17ClO3/c1-11-5-3-6-12(2)15(11)10-16(17(19)20)21-14-8-4-7-13(18)9-14/h3-9,16H,10H2,1-2H3,(H,19,20). The Kier molecular flexibility index (Phi) is 4.86. The molecule has 0 aliphatic heterocycles. The Morgan fingerprint density at radius 1 is 1.19 bits per heavy atom. The Morgan fingerprint density at radius 2 is 1.81 bits per heavy atom. The van der Waals surface area contributed by atoms with E-state index in [9.17, 15) is 9.90 Å². The number of carboxylic acids is 1. The summed E-state index contributed by atoms with van der Waals surface area (Å²) in [6.07, 6.45) is -0.622. The molecular weight excluding hydrogens is 288 g/mol. The lowest BCUT2D eigenvalue weighted by Crippen LogP contribution is -2.30. The van der Waals surface area contributed by atoms with Crippen LogP contribution < -0.4 is 4.74 Å². The van der Waals surface area contributed by atoms with Crippen molar-refractivity contribution in [3.05, 3.63) is 64.2 Å². The molecule has 110 valence electrons. The fourth-order valence-electron chi connectivity index (χ4n) is 2.24. The molecule has 2 aromatic rings. The van der Waals surface area contributed by atoms with Gasteiger partial charge in [-0.2, -0.15) is 0 Å². The highest BCUT2D eigenvalue weighted by atomic mass is 35.5. The van der Waals surface area contributed by atoms with E-state index < -0.39 is 12.1 Å². The SMILES string of the molecule is Cc1cccc(C)c1CC(Oc1cccc(Cl)c1)C(=O)O. The third kappa shape index (κ3) is 3.99. The first-order chi connectivity index (χ1) is 9.97. The number of ether oxygens (including phenoxy) is 1. The molecule has 0 aliphatic rings. The third-order valence-corrected chi connectivity index (χ3v) is 3.62. The van der Waals surface area contributed by atoms with Crippen molar-refractivity contribution >= 4 is 17.6 Å². The van der Waals surface area contributed by atoms with Crippen LogP contribution in [0.15, 0.2) is 42.5 Å². The molecule has 0 amide bonds. The van der Waals surface area contributed by atoms with Gasteiger partial charge < -0.3 is 9.84 Å². The molecule has 0 heterocycles. The second kappa shape index (κ2) is 6.64. The molecule has 0 fully saturated rings. The number of halogens is 1. The Morgan fingerprint density at radius 3 is 2.38 bits per heavy atom. The van der Waals surface area contributed by atoms with Crippen LogP contribution in [0.2, 0.25) is 5.02 Å². The lowest BCUT2D eigenvalue weighted by atomic mass is 9.97. The molecule has 0 saturated heterocycles. The van der Waals surface area contributed by atoms with E-state index in [0.717, 1.165) is 16.7 Å². The minimum absolute atomic E-state index is 0.320. The lowest BCUT2D eigenvalue weighted by molar-refractivity contribution is -0.145. The van der Waals surface area contributed by atoms with Gasteiger partial charge in [0.15, 0.2) is 6.10 Å². The van der Waals surface area contributed by atoms with E-state index in [0.29, 0.717) is 17.2 Å². The Balaban J connectivity index is 2.22. The summed E-state index contributed by atoms with van der Waals surface area (Å²) >= 11 is 5.89. The summed E-state index contributed by atoms with van der Waals surface area (Å²) in [7, 11) is 0. The maximum Gasteiger partial charge on any atom is 0.345 e. The molecule has 2 rings (SSSR count). The van der Waals surface area contributed by atoms with Crippen LogP contribution in [0.1, 0.15) is 16.7 Å². The van der Waals surface area contributed by atoms with Crippen LogP contribution in [0, 0.1) is 13.8 Å². The van der Waals surface area contributed by atoms with Crippen LogP contribution in [-0.4, -0.2) is 17.2 Å². The van der Waals surface area contributed by atoms with E-state index in [1.54, 1.807) is 24.3 Å². The molecule has 21 heavy (non-hydrogen) atoms. The van der Waals surface area contributed by atoms with Gasteiger partial charge in [-0.15, -0.1) is 0 Å². The van der Waals surface area contributed by atoms with Gasteiger partial charge in [0.25, 0.3) is 0 Å². The first-order valence-corrected chi connectivity index (χ1v) is 7.05. The summed E-state index contributed by atoms with van der Waals surface area (Å²) in [4.78, 5) is 11.5. The first-order valence-electron chi connectivity index (χ1n) is 6.67. The lowest BCUT2D eigenvalue weighted by Gasteiger charge is -2.18. The average Bonchev–Trinajstić information content (AvgIpc) is 2.41. The molecule has 0 aromatic heterocycles. The van der Waals surface area contributed by atoms with Gasteiger partial charge in [0.1, 0.15) is 5.75 Å². The van der Waals surface area contributed by atoms with Crippen molar-refractivity contribution in [2.75, 3.05) is 0 Å². The summed E-state index contributed by atoms with van der Waals surface area (Å²) in [5, 5.41) is 9.91. The summed E-state index contributed by atoms with van der Waals surface area (Å²) in [6, 6.07) is 12.7. The molecule has 0 aliphatic carbocycles. The molecule has 0 radical (unpaired) electrons. The minimum Gasteiger partial charge on any atom is -0.478 e. The van der Waals surface area contributed by atoms with Gasteiger partial charge in [-0.25, -0.2) is 4.79 Å². The van der Waals surface area contributed by atoms with E-state index in [1.807, 2.05) is 32.0 Å². The van der Waals surface area contributed by atoms with Crippen LogP contribution in [0.3, 0.4) is 0 Å². The highest BCUT2D eigenvalue weighted by Crippen LogP contribution is 2.21. The van der Waals surface area contributed by atoms with Gasteiger partial charge in [-0.1, -0.05) is 35.9 Å². The Hall–Kier alpha value is -2.00. The van der Waals surface area contributed by atoms with Crippen molar-refractivity contribution in [2.24, 2.45) is 0 Å². The van der Waals surface area contributed by atoms with Gasteiger partial charge in [-0.05, 0) is 48.7 Å². The molecule has 1 atom stereocenters. The van der Waals surface area contributed by atoms with E-state index in [1.165, 1.54) is 0 Å². The maximum absolute atomic E-state index is 11.5. The number of benzene rings is 2. The van der Waals surface area contributed by atoms with Crippen LogP contribution in [-0.2, 0) is 11.2 Å². The fraction of sp³-hybridized carbons (Fsp3) is 0.235. The van der Waals surface area contributed by atoms with Gasteiger partial charge in [-0.3, -0.25) is 0 Å². The fourth-order valence-corrected chi connectivity index (χ4v) is 2.42. The number of hydrogen-bond donors (Lipinski definition) is 1. The molecule has 0 saturated carbocycles. The van der Waals surface area contributed by atoms with Crippen LogP contribution >= 0.6 is 11.6 Å². The smallest absolute Gasteiger partial charge is 0.345 e. The minimum atomic E-state index is -0.988. The molecular formula is C17H17ClO3. The Labute approximate surface area is 129 Å². The van der Waals surface area contributed by atoms with Crippen LogP contribution in [0.25, 0.3) is 0 Å². The third-order valence-electron chi connectivity index (χ3n) is 3.38. The zero-order valence-corrected chi connectivity index (χ0v) is 12.7. The van der Waals surface area contributed by atoms with Gasteiger partial charge >= 0.3 is 5.97 Å². The van der Waals surface area contributed by atoms with E-state index in [4.69, 9.17) is 16.3 Å². The van der Waals surface area contributed by atoms with Crippen LogP contribution in [0.4, 0.5) is 0 Å². The summed E-state index contributed by atoms with van der Waals surface area (Å²) in [6.45, 7) is 3.95. The summed E-state index contributed by atoms with van der Waals surface area (Å²) in [5.74, 6) is -0.529. The first kappa shape index (κ1) is 15.4. The summed E-state index contributed by atoms with van der Waals surface area (Å²) in [5.41, 5.74) is 3.14. The molecule has 0 spiro atoms. The number of aryl methyl sites for hydroxylation is 2. The molecule has 2 aromatic carbocycles. The maximum atomic E-state index is 11.5. The predicted molar refractivity (Wildman–Crippen MR) is 83.1 cm³/mol. The van der Waals surface area contributed by atoms with Gasteiger partial charge in [0.2, 0.25) is 0 Å². The molecule has 1 unspecified atom stereocenters. The zero-order chi connectivity index (χ0) is 15.4. The highest BCUT2D eigenvalue weighted by molar-refractivity contribution is 6.30. The topological polar surface area (TPSA) is 46.5 Å². The van der Waals surface area contributed by atoms with Crippen molar-refractivity contribution in [3.8, 4) is 5.75 Å². The molecule has 1 N–H and O–H groups in total. The quantitative estimate of drug-likeness (QED) is 0.907. The normalized spacial score (nSPS) is 12.0. The van der Waals surface area contributed by atoms with E-state index in [-0.39, 0.29) is 0 Å². The molecule has 0 bridgehead atoms. The van der Waals surface area contributed by atoms with Crippen molar-refractivity contribution in [2.45, 2.75) is 26.4 Å². The molecule has 3 nitrogen and oxygen atoms in total. The van der Waals surface area contributed by atoms with Crippen molar-refractivity contribution in [1.82, 2.24) is 0 Å². The van der Waals surface area contributed by atoms with Crippen molar-refractivity contribution in [3.63, 3.8) is 0 Å².